The molecule has 0 spiro atoms. The molecule has 2 aromatic rings. The number of benzene rings is 1. The van der Waals surface area contributed by atoms with Crippen LogP contribution in [0.25, 0.3) is 0 Å². The largest absolute Gasteiger partial charge is 0.393 e. The second-order valence-corrected chi connectivity index (χ2v) is 6.51. The maximum Gasteiger partial charge on any atom is 0.253 e. The van der Waals surface area contributed by atoms with E-state index in [1.165, 1.54) is 11.1 Å². The molecule has 1 atom stereocenters. The van der Waals surface area contributed by atoms with E-state index in [0.29, 0.717) is 24.1 Å². The molecule has 4 heteroatoms. The van der Waals surface area contributed by atoms with Gasteiger partial charge in [-0.3, -0.25) is 9.78 Å². The van der Waals surface area contributed by atoms with Crippen LogP contribution in [-0.2, 0) is 12.8 Å². The summed E-state index contributed by atoms with van der Waals surface area (Å²) in [4.78, 5) is 16.5. The smallest absolute Gasteiger partial charge is 0.253 e. The molecule has 0 saturated heterocycles. The summed E-state index contributed by atoms with van der Waals surface area (Å²) in [5.41, 5.74) is 3.63. The standard InChI is InChI=1S/C20H26N2O2.C2H6/c1-14(2)22-20(24)18-8-5-11-21-19(18)13-17(23)10-9-16-7-4-6-15(3)12-16;1-2/h4-8,11-12,14,17,23H,9-10,13H2,1-3H3,(H,22,24);1-2H3. The Morgan fingerprint density at radius 2 is 1.92 bits per heavy atom. The summed E-state index contributed by atoms with van der Waals surface area (Å²) in [5, 5.41) is 13.2. The second kappa shape index (κ2) is 11.4. The van der Waals surface area contributed by atoms with E-state index in [1.807, 2.05) is 33.8 Å². The molecule has 1 amide bonds. The number of amides is 1. The maximum absolute atomic E-state index is 12.2. The monoisotopic (exact) mass is 356 g/mol. The number of rotatable bonds is 7. The first kappa shape index (κ1) is 21.8. The number of hydrogen-bond donors (Lipinski definition) is 2. The number of hydrogen-bond acceptors (Lipinski definition) is 3. The third-order valence-electron chi connectivity index (χ3n) is 3.83. The van der Waals surface area contributed by atoms with Gasteiger partial charge in [0, 0.05) is 18.7 Å². The lowest BCUT2D eigenvalue weighted by atomic mass is 10.0. The second-order valence-electron chi connectivity index (χ2n) is 6.51. The zero-order valence-corrected chi connectivity index (χ0v) is 16.6. The molecule has 26 heavy (non-hydrogen) atoms. The van der Waals surface area contributed by atoms with E-state index in [1.54, 1.807) is 18.3 Å². The molecule has 0 aliphatic carbocycles. The van der Waals surface area contributed by atoms with Gasteiger partial charge >= 0.3 is 0 Å². The minimum absolute atomic E-state index is 0.0665. The maximum atomic E-state index is 12.2. The molecule has 1 aromatic heterocycles. The number of carbonyl (C=O) groups excluding carboxylic acids is 1. The highest BCUT2D eigenvalue weighted by Crippen LogP contribution is 2.13. The number of pyridine rings is 1. The topological polar surface area (TPSA) is 62.2 Å². The van der Waals surface area contributed by atoms with Crippen molar-refractivity contribution < 1.29 is 9.90 Å². The predicted molar refractivity (Wildman–Crippen MR) is 107 cm³/mol. The summed E-state index contributed by atoms with van der Waals surface area (Å²) >= 11 is 0. The Morgan fingerprint density at radius 1 is 1.19 bits per heavy atom. The number of aryl methyl sites for hydroxylation is 2. The lowest BCUT2D eigenvalue weighted by molar-refractivity contribution is 0.0940. The average molecular weight is 357 g/mol. The number of nitrogens with zero attached hydrogens (tertiary/aromatic N) is 1. The molecule has 0 saturated carbocycles. The molecule has 0 fully saturated rings. The van der Waals surface area contributed by atoms with Crippen molar-refractivity contribution in [3.8, 4) is 0 Å². The number of carbonyl (C=O) groups is 1. The van der Waals surface area contributed by atoms with E-state index < -0.39 is 6.10 Å². The minimum atomic E-state index is -0.522. The van der Waals surface area contributed by atoms with E-state index in [0.717, 1.165) is 6.42 Å². The van der Waals surface area contributed by atoms with Crippen molar-refractivity contribution in [1.29, 1.82) is 0 Å². The fourth-order valence-corrected chi connectivity index (χ4v) is 2.67. The summed E-state index contributed by atoms with van der Waals surface area (Å²) in [6, 6.07) is 11.9. The van der Waals surface area contributed by atoms with Gasteiger partial charge in [-0.05, 0) is 51.3 Å². The predicted octanol–water partition coefficient (Wildman–Crippen LogP) is 4.09. The van der Waals surface area contributed by atoms with Crippen LogP contribution in [0.1, 0.15) is 61.3 Å². The molecule has 2 N–H and O–H groups in total. The van der Waals surface area contributed by atoms with E-state index in [2.05, 4.69) is 35.4 Å². The van der Waals surface area contributed by atoms with Crippen LogP contribution in [0.4, 0.5) is 0 Å². The van der Waals surface area contributed by atoms with Crippen molar-refractivity contribution in [1.82, 2.24) is 10.3 Å². The Kier molecular flexibility index (Phi) is 9.60. The van der Waals surface area contributed by atoms with Gasteiger partial charge < -0.3 is 10.4 Å². The Morgan fingerprint density at radius 3 is 2.58 bits per heavy atom. The fraction of sp³-hybridized carbons (Fsp3) is 0.455. The van der Waals surface area contributed by atoms with Crippen molar-refractivity contribution in [2.75, 3.05) is 0 Å². The van der Waals surface area contributed by atoms with Gasteiger partial charge in [0.15, 0.2) is 0 Å². The average Bonchev–Trinajstić information content (AvgIpc) is 2.61. The van der Waals surface area contributed by atoms with Crippen LogP contribution in [0.2, 0.25) is 0 Å². The Labute approximate surface area is 157 Å². The third-order valence-corrected chi connectivity index (χ3v) is 3.83. The highest BCUT2D eigenvalue weighted by Gasteiger charge is 2.16. The molecule has 1 aromatic carbocycles. The van der Waals surface area contributed by atoms with Gasteiger partial charge in [-0.2, -0.15) is 0 Å². The first-order valence-electron chi connectivity index (χ1n) is 9.44. The van der Waals surface area contributed by atoms with Crippen molar-refractivity contribution in [2.24, 2.45) is 0 Å². The first-order chi connectivity index (χ1) is 12.5. The zero-order chi connectivity index (χ0) is 19.5. The molecule has 0 aliphatic rings. The first-order valence-corrected chi connectivity index (χ1v) is 9.44. The van der Waals surface area contributed by atoms with Gasteiger partial charge in [0.1, 0.15) is 0 Å². The summed E-state index contributed by atoms with van der Waals surface area (Å²) in [6.45, 7) is 9.91. The molecule has 4 nitrogen and oxygen atoms in total. The lowest BCUT2D eigenvalue weighted by Gasteiger charge is -2.14. The molecular weight excluding hydrogens is 324 g/mol. The van der Waals surface area contributed by atoms with E-state index >= 15 is 0 Å². The molecule has 2 rings (SSSR count). The van der Waals surface area contributed by atoms with E-state index in [4.69, 9.17) is 0 Å². The van der Waals surface area contributed by atoms with Gasteiger partial charge in [0.25, 0.3) is 5.91 Å². The SMILES string of the molecule is CC.Cc1cccc(CCC(O)Cc2ncccc2C(=O)NC(C)C)c1. The Hall–Kier alpha value is -2.20. The Bertz CT molecular complexity index is 683. The van der Waals surface area contributed by atoms with Gasteiger partial charge in [-0.1, -0.05) is 43.7 Å². The Balaban J connectivity index is 0.00000163. The van der Waals surface area contributed by atoms with Crippen molar-refractivity contribution in [3.63, 3.8) is 0 Å². The summed E-state index contributed by atoms with van der Waals surface area (Å²) < 4.78 is 0. The summed E-state index contributed by atoms with van der Waals surface area (Å²) in [6.07, 6.45) is 2.97. The van der Waals surface area contributed by atoms with Gasteiger partial charge in [0.05, 0.1) is 17.4 Å². The molecule has 1 unspecified atom stereocenters. The molecule has 142 valence electrons. The molecule has 0 bridgehead atoms. The number of nitrogens with one attached hydrogen (secondary N) is 1. The van der Waals surface area contributed by atoms with Crippen molar-refractivity contribution in [3.05, 3.63) is 65.0 Å². The number of aliphatic hydroxyl groups is 1. The summed E-state index contributed by atoms with van der Waals surface area (Å²) in [7, 11) is 0. The number of aliphatic hydroxyl groups excluding tert-OH is 1. The highest BCUT2D eigenvalue weighted by molar-refractivity contribution is 5.95. The normalized spacial score (nSPS) is 11.5. The zero-order valence-electron chi connectivity index (χ0n) is 16.6. The summed E-state index contributed by atoms with van der Waals surface area (Å²) in [5.74, 6) is -0.140. The van der Waals surface area contributed by atoms with Crippen LogP contribution in [0, 0.1) is 6.92 Å². The van der Waals surface area contributed by atoms with Crippen LogP contribution < -0.4 is 5.32 Å². The van der Waals surface area contributed by atoms with Crippen LogP contribution >= 0.6 is 0 Å². The number of aromatic nitrogens is 1. The molecule has 0 aliphatic heterocycles. The van der Waals surface area contributed by atoms with Crippen LogP contribution in [0.5, 0.6) is 0 Å². The molecule has 0 radical (unpaired) electrons. The lowest BCUT2D eigenvalue weighted by Crippen LogP contribution is -2.31. The fourth-order valence-electron chi connectivity index (χ4n) is 2.67. The minimum Gasteiger partial charge on any atom is -0.393 e. The van der Waals surface area contributed by atoms with Gasteiger partial charge in [0.2, 0.25) is 0 Å². The van der Waals surface area contributed by atoms with Crippen LogP contribution in [-0.4, -0.2) is 28.1 Å². The van der Waals surface area contributed by atoms with E-state index in [-0.39, 0.29) is 11.9 Å². The third kappa shape index (κ3) is 7.36. The van der Waals surface area contributed by atoms with Crippen molar-refractivity contribution in [2.45, 2.75) is 66.0 Å². The van der Waals surface area contributed by atoms with Crippen LogP contribution in [0.15, 0.2) is 42.6 Å². The molecule has 1 heterocycles. The quantitative estimate of drug-likeness (QED) is 0.785. The highest BCUT2D eigenvalue weighted by atomic mass is 16.3. The van der Waals surface area contributed by atoms with Crippen LogP contribution in [0.3, 0.4) is 0 Å². The molecular formula is C22H32N2O2. The van der Waals surface area contributed by atoms with E-state index in [9.17, 15) is 9.90 Å². The van der Waals surface area contributed by atoms with Gasteiger partial charge in [-0.25, -0.2) is 0 Å². The van der Waals surface area contributed by atoms with Crippen molar-refractivity contribution >= 4 is 5.91 Å². The van der Waals surface area contributed by atoms with Gasteiger partial charge in [-0.15, -0.1) is 0 Å².